The highest BCUT2D eigenvalue weighted by Gasteiger charge is 2.49. The first kappa shape index (κ1) is 90.4. The molecule has 3 amide bonds. The van der Waals surface area contributed by atoms with Crippen LogP contribution in [-0.4, -0.2) is 97.7 Å². The molecule has 0 aliphatic carbocycles. The zero-order chi connectivity index (χ0) is 86.2. The fourth-order valence-corrected chi connectivity index (χ4v) is 17.7. The highest BCUT2D eigenvalue weighted by Crippen LogP contribution is 2.49. The number of carbonyl (C=O) groups is 5. The Morgan fingerprint density at radius 2 is 0.800 bits per heavy atom. The number of amides is 3. The fourth-order valence-electron chi connectivity index (χ4n) is 12.2. The summed E-state index contributed by atoms with van der Waals surface area (Å²) < 4.78 is 21.7. The highest BCUT2D eigenvalue weighted by molar-refractivity contribution is 9.15. The third kappa shape index (κ3) is 22.1. The molecule has 1 fully saturated rings. The number of benzene rings is 6. The maximum Gasteiger partial charge on any atom is 0.488 e. The number of pyridine rings is 5. The van der Waals surface area contributed by atoms with Crippen molar-refractivity contribution in [2.75, 3.05) is 20.8 Å². The molecule has 19 nitrogen and oxygen atoms in total. The Labute approximate surface area is 730 Å². The molecule has 11 heterocycles. The number of esters is 2. The number of epoxide rings is 1. The molecule has 606 valence electrons. The second-order valence-corrected chi connectivity index (χ2v) is 33.1. The van der Waals surface area contributed by atoms with Crippen LogP contribution in [0.5, 0.6) is 0 Å². The van der Waals surface area contributed by atoms with Gasteiger partial charge in [-0.3, -0.25) is 39.3 Å². The van der Waals surface area contributed by atoms with E-state index in [1.54, 1.807) is 80.0 Å². The third-order valence-corrected chi connectivity index (χ3v) is 24.9. The third-order valence-electron chi connectivity index (χ3n) is 18.4. The zero-order valence-corrected chi connectivity index (χ0v) is 72.9. The summed E-state index contributed by atoms with van der Waals surface area (Å²) in [4.78, 5) is 80.8. The van der Waals surface area contributed by atoms with E-state index in [4.69, 9.17) is 36.7 Å². The smallest absolute Gasteiger partial charge is 0.465 e. The first-order valence-corrected chi connectivity index (χ1v) is 42.6. The number of ether oxygens (including phenoxy) is 3. The van der Waals surface area contributed by atoms with Crippen molar-refractivity contribution in [1.29, 1.82) is 0 Å². The Morgan fingerprint density at radius 3 is 1.19 bits per heavy atom. The molecule has 1 aliphatic heterocycles. The lowest BCUT2D eigenvalue weighted by molar-refractivity contribution is 0.0597. The minimum absolute atomic E-state index is 0.307. The van der Waals surface area contributed by atoms with Crippen LogP contribution in [0.25, 0.3) is 71.5 Å². The van der Waals surface area contributed by atoms with E-state index < -0.39 is 36.0 Å². The Morgan fingerprint density at radius 1 is 0.467 bits per heavy atom. The summed E-state index contributed by atoms with van der Waals surface area (Å²) in [5, 5.41) is 33.5. The van der Waals surface area contributed by atoms with Crippen molar-refractivity contribution in [1.82, 2.24) is 24.9 Å². The first-order valence-electron chi connectivity index (χ1n) is 37.0. The molecule has 2 atom stereocenters. The van der Waals surface area contributed by atoms with Crippen LogP contribution in [0.1, 0.15) is 131 Å². The van der Waals surface area contributed by atoms with Crippen molar-refractivity contribution in [3.05, 3.63) is 385 Å². The van der Waals surface area contributed by atoms with Crippen LogP contribution in [0.2, 0.25) is 0 Å². The summed E-state index contributed by atoms with van der Waals surface area (Å²) in [6, 6.07) is 67.5. The molecule has 120 heavy (non-hydrogen) atoms. The van der Waals surface area contributed by atoms with Gasteiger partial charge in [0.25, 0.3) is 17.7 Å². The first-order chi connectivity index (χ1) is 57.9. The summed E-state index contributed by atoms with van der Waals surface area (Å²) >= 11 is 13.4. The minimum Gasteiger partial charge on any atom is -0.465 e. The minimum atomic E-state index is -1.46. The van der Waals surface area contributed by atoms with Crippen LogP contribution in [0.3, 0.4) is 0 Å². The molecule has 6 aromatic carbocycles. The number of primary amides is 3. The van der Waals surface area contributed by atoms with Gasteiger partial charge in [0.2, 0.25) is 0 Å². The fraction of sp³-hybridized carbons (Fsp3) is 0.0968. The second kappa shape index (κ2) is 42.6. The van der Waals surface area contributed by atoms with E-state index in [-0.39, 0.29) is 11.9 Å². The summed E-state index contributed by atoms with van der Waals surface area (Å²) in [6.45, 7) is 22.1. The predicted octanol–water partition coefficient (Wildman–Crippen LogP) is 20.9. The molecule has 1 saturated heterocycles. The number of hydrogen-bond donors (Lipinski definition) is 6. The Kier molecular flexibility index (Phi) is 32.1. The van der Waals surface area contributed by atoms with Crippen LogP contribution >= 0.6 is 88.5 Å². The summed E-state index contributed by atoms with van der Waals surface area (Å²) in [5.74, 6) is -1.92. The Hall–Kier alpha value is -12.0. The number of thiophene rings is 5. The van der Waals surface area contributed by atoms with Gasteiger partial charge in [0.05, 0.1) is 59.0 Å². The van der Waals surface area contributed by atoms with E-state index in [1.807, 2.05) is 215 Å². The summed E-state index contributed by atoms with van der Waals surface area (Å²) in [5.41, 5.74) is 26.0. The van der Waals surface area contributed by atoms with Gasteiger partial charge in [-0.1, -0.05) is 245 Å². The van der Waals surface area contributed by atoms with Crippen LogP contribution in [0, 0.1) is 0 Å². The Balaban J connectivity index is 0.000000149. The van der Waals surface area contributed by atoms with Crippen LogP contribution in [0.15, 0.2) is 305 Å². The largest absolute Gasteiger partial charge is 0.488 e. The second-order valence-electron chi connectivity index (χ2n) is 25.8. The highest BCUT2D eigenvalue weighted by atomic mass is 79.9. The van der Waals surface area contributed by atoms with E-state index in [1.165, 1.54) is 70.9 Å². The van der Waals surface area contributed by atoms with Crippen molar-refractivity contribution in [3.8, 4) is 0 Å². The normalized spacial score (nSPS) is 12.6. The van der Waals surface area contributed by atoms with Crippen LogP contribution in [0.4, 0.5) is 0 Å². The van der Waals surface area contributed by atoms with Crippen molar-refractivity contribution >= 4 is 197 Å². The number of nitrogens with zero attached hydrogens (tertiary/aromatic N) is 5. The number of aliphatic hydroxyl groups is 1. The predicted molar refractivity (Wildman–Crippen MR) is 498 cm³/mol. The summed E-state index contributed by atoms with van der Waals surface area (Å²) in [6.07, 6.45) is 17.9. The molecule has 27 heteroatoms. The average Bonchev–Trinajstić information content (AvgIpc) is 1.57. The number of halogens is 2. The molecule has 0 radical (unpaired) electrons. The number of fused-ring (bicyclic) bond motifs is 5. The Bertz CT molecular complexity index is 6310. The van der Waals surface area contributed by atoms with E-state index in [0.29, 0.717) is 48.4 Å². The van der Waals surface area contributed by atoms with Gasteiger partial charge in [-0.05, 0) is 103 Å². The van der Waals surface area contributed by atoms with Crippen LogP contribution < -0.4 is 17.2 Å². The average molecular weight is 1820 g/mol. The van der Waals surface area contributed by atoms with Gasteiger partial charge in [0, 0.05) is 120 Å². The molecule has 1 aliphatic rings. The van der Waals surface area contributed by atoms with Gasteiger partial charge < -0.3 is 46.6 Å². The van der Waals surface area contributed by atoms with E-state index in [2.05, 4.69) is 87.8 Å². The van der Waals surface area contributed by atoms with Crippen LogP contribution in [-0.2, 0) is 25.4 Å². The molecule has 0 spiro atoms. The number of carbonyl (C=O) groups excluding carboxylic acids is 5. The molecule has 0 bridgehead atoms. The number of rotatable bonds is 17. The quantitative estimate of drug-likeness (QED) is 0.0280. The molecule has 0 saturated carbocycles. The number of methoxy groups -OCH3 is 2. The molecular weight excluding hydrogens is 1740 g/mol. The molecule has 2 unspecified atom stereocenters. The van der Waals surface area contributed by atoms with Gasteiger partial charge in [0.1, 0.15) is 21.0 Å². The lowest BCUT2D eigenvalue weighted by Gasteiger charge is -2.28. The molecule has 16 aromatic rings. The van der Waals surface area contributed by atoms with Gasteiger partial charge in [-0.2, -0.15) is 0 Å². The molecule has 17 rings (SSSR count). The maximum absolute atomic E-state index is 11.7. The van der Waals surface area contributed by atoms with Gasteiger partial charge in [0.15, 0.2) is 0 Å². The van der Waals surface area contributed by atoms with Gasteiger partial charge >= 0.3 is 19.1 Å². The van der Waals surface area contributed by atoms with E-state index in [9.17, 15) is 29.1 Å². The molecular formula is C93H81BBr2N8O11S5. The maximum atomic E-state index is 11.7. The van der Waals surface area contributed by atoms with Gasteiger partial charge in [-0.25, -0.2) is 9.59 Å². The monoisotopic (exact) mass is 1810 g/mol. The van der Waals surface area contributed by atoms with Crippen molar-refractivity contribution in [2.24, 2.45) is 17.2 Å². The topological polar surface area (TPSA) is 320 Å². The zero-order valence-electron chi connectivity index (χ0n) is 65.7. The van der Waals surface area contributed by atoms with E-state index >= 15 is 0 Å². The van der Waals surface area contributed by atoms with Crippen molar-refractivity contribution < 1.29 is 53.3 Å². The van der Waals surface area contributed by atoms with Crippen molar-refractivity contribution in [2.45, 2.75) is 38.4 Å². The molecule has 10 aromatic heterocycles. The number of nitrogens with two attached hydrogens (primary N) is 3. The lowest BCUT2D eigenvalue weighted by atomic mass is 9.76. The number of hydrogen-bond acceptors (Lipinski definition) is 21. The van der Waals surface area contributed by atoms with E-state index in [0.717, 1.165) is 121 Å². The summed E-state index contributed by atoms with van der Waals surface area (Å²) in [7, 11) is 1.30. The van der Waals surface area contributed by atoms with Crippen molar-refractivity contribution in [3.63, 3.8) is 0 Å². The standard InChI is InChI=1S/C17H16N2O2S.C17H13NO2S.C16H12N2O2S.C16H12N2OS.C9H6BrNO2S.C8H9BO2.C8H7Br.C2H6/c1-2-17(21,11-6-4-3-5-7-11)13-9-19-10-15-12(13)8-14(22-15)16(18)20;1-11(12-6-4-3-5-7-12)14-9-18-10-16-13(14)8-15(21-16)17(19)20-2;17-15(19)13-6-11-12(7-18-8-14(11)21-13)16(9-20-16)10-4-2-1-3-5-10;1-10(11-5-3-2-4-6-11)13-8-18-9-15-12(13)7-14(20-15)16(17)19;1-13-9(12)7-2-5-6(10)3-11-4-8(5)14-7;1-7(9(10)11)8-5-3-2-4-6-8;1-7(9)8-5-3-2-4-6-8;1-2/h3-10,21H,2H2,1H3,(H2,18,20);3-10H,1H2,2H3;1-8H,9H2,(H2,17,19);2-9H,1H2,(H2,17,19);2-4H,1H3;2-6,10-11H,1H2;2-6H,1H2;1-2H3. The lowest BCUT2D eigenvalue weighted by Crippen LogP contribution is -2.26. The van der Waals surface area contributed by atoms with Gasteiger partial charge in [-0.15, -0.1) is 56.7 Å². The molecule has 9 N–H and O–H groups in total. The SMILES string of the molecule is C=C(B(O)O)c1ccccc1.C=C(Br)c1ccccc1.C=C(c1ccccc1)c1cncc2sc(C(=O)OC)cc12.C=C(c1ccccc1)c1cncc2sc(C(N)=O)cc12.CC.CCC(O)(c1ccccc1)c1cncc2sc(C(N)=O)cc12.COC(=O)c1cc2c(Br)cncc2s1.NC(=O)c1cc2c(C3(c4ccccc4)CO3)cncc2s1. The number of aromatic nitrogens is 5.